The first-order chi connectivity index (χ1) is 8.56. The number of hydrogen-bond donors (Lipinski definition) is 1. The second-order valence-corrected chi connectivity index (χ2v) is 5.42. The largest absolute Gasteiger partial charge is 0.385 e. The van der Waals surface area contributed by atoms with Crippen LogP contribution in [-0.4, -0.2) is 11.5 Å². The quantitative estimate of drug-likeness (QED) is 0.652. The highest BCUT2D eigenvalue weighted by atomic mass is 16.6. The minimum absolute atomic E-state index is 0.194. The van der Waals surface area contributed by atoms with Crippen molar-refractivity contribution < 1.29 is 4.92 Å². The summed E-state index contributed by atoms with van der Waals surface area (Å²) in [6.45, 7) is 4.97. The summed E-state index contributed by atoms with van der Waals surface area (Å²) in [6.07, 6.45) is 3.84. The predicted octanol–water partition coefficient (Wildman–Crippen LogP) is 3.75. The number of nitrogens with one attached hydrogen (secondary N) is 1. The minimum atomic E-state index is -0.321. The van der Waals surface area contributed by atoms with Crippen molar-refractivity contribution in [2.24, 2.45) is 11.8 Å². The molecule has 0 aromatic heterocycles. The van der Waals surface area contributed by atoms with E-state index in [0.717, 1.165) is 18.2 Å². The topological polar surface area (TPSA) is 55.2 Å². The molecule has 1 aliphatic rings. The van der Waals surface area contributed by atoms with Crippen molar-refractivity contribution >= 4 is 11.4 Å². The first kappa shape index (κ1) is 12.9. The Morgan fingerprint density at radius 1 is 1.44 bits per heavy atom. The average Bonchev–Trinajstić information content (AvgIpc) is 2.74. The van der Waals surface area contributed by atoms with Crippen LogP contribution in [0.4, 0.5) is 11.4 Å². The Morgan fingerprint density at radius 2 is 2.22 bits per heavy atom. The highest BCUT2D eigenvalue weighted by molar-refractivity contribution is 5.54. The van der Waals surface area contributed by atoms with Crippen LogP contribution in [-0.2, 0) is 0 Å². The second-order valence-electron chi connectivity index (χ2n) is 5.42. The fourth-order valence-electron chi connectivity index (χ4n) is 2.69. The van der Waals surface area contributed by atoms with Gasteiger partial charge in [0.2, 0.25) is 0 Å². The molecular formula is C14H20N2O2. The first-order valence-electron chi connectivity index (χ1n) is 6.55. The summed E-state index contributed by atoms with van der Waals surface area (Å²) < 4.78 is 0. The summed E-state index contributed by atoms with van der Waals surface area (Å²) in [5.74, 6) is 1.53. The molecule has 0 heterocycles. The maximum Gasteiger partial charge on any atom is 0.274 e. The molecule has 0 spiro atoms. The van der Waals surface area contributed by atoms with Gasteiger partial charge in [0.15, 0.2) is 0 Å². The Hall–Kier alpha value is -1.58. The van der Waals surface area contributed by atoms with Crippen LogP contribution in [0.3, 0.4) is 0 Å². The highest BCUT2D eigenvalue weighted by Gasteiger charge is 2.21. The SMILES string of the molecule is Cc1ccc(NCC2CCC(C)C2)cc1[N+](=O)[O-]. The molecule has 98 valence electrons. The van der Waals surface area contributed by atoms with Crippen molar-refractivity contribution in [1.29, 1.82) is 0 Å². The van der Waals surface area contributed by atoms with E-state index in [1.165, 1.54) is 19.3 Å². The lowest BCUT2D eigenvalue weighted by Gasteiger charge is -2.12. The Morgan fingerprint density at radius 3 is 2.83 bits per heavy atom. The van der Waals surface area contributed by atoms with E-state index >= 15 is 0 Å². The van der Waals surface area contributed by atoms with Crippen molar-refractivity contribution in [2.75, 3.05) is 11.9 Å². The monoisotopic (exact) mass is 248 g/mol. The number of anilines is 1. The number of benzene rings is 1. The summed E-state index contributed by atoms with van der Waals surface area (Å²) >= 11 is 0. The van der Waals surface area contributed by atoms with Crippen molar-refractivity contribution in [1.82, 2.24) is 0 Å². The number of rotatable bonds is 4. The standard InChI is InChI=1S/C14H20N2O2/c1-10-3-5-12(7-10)9-15-13-6-4-11(2)14(8-13)16(17)18/h4,6,8,10,12,15H,3,5,7,9H2,1-2H3. The molecule has 0 radical (unpaired) electrons. The molecule has 1 aromatic carbocycles. The van der Waals surface area contributed by atoms with Gasteiger partial charge in [-0.05, 0) is 37.7 Å². The van der Waals surface area contributed by atoms with Gasteiger partial charge >= 0.3 is 0 Å². The molecule has 2 rings (SSSR count). The van der Waals surface area contributed by atoms with Gasteiger partial charge in [0, 0.05) is 23.9 Å². The smallest absolute Gasteiger partial charge is 0.274 e. The normalized spacial score (nSPS) is 23.0. The molecule has 4 nitrogen and oxygen atoms in total. The molecule has 0 saturated heterocycles. The van der Waals surface area contributed by atoms with E-state index in [1.807, 2.05) is 6.07 Å². The van der Waals surface area contributed by atoms with Gasteiger partial charge in [0.05, 0.1) is 4.92 Å². The summed E-state index contributed by atoms with van der Waals surface area (Å²) in [7, 11) is 0. The lowest BCUT2D eigenvalue weighted by Crippen LogP contribution is -2.11. The van der Waals surface area contributed by atoms with Crippen LogP contribution < -0.4 is 5.32 Å². The summed E-state index contributed by atoms with van der Waals surface area (Å²) in [4.78, 5) is 10.5. The zero-order chi connectivity index (χ0) is 13.1. The number of nitrogens with zero attached hydrogens (tertiary/aromatic N) is 1. The molecule has 18 heavy (non-hydrogen) atoms. The molecule has 2 atom stereocenters. The zero-order valence-corrected chi connectivity index (χ0v) is 11.0. The van der Waals surface area contributed by atoms with Crippen LogP contribution in [0.2, 0.25) is 0 Å². The van der Waals surface area contributed by atoms with Gasteiger partial charge in [-0.25, -0.2) is 0 Å². The average molecular weight is 248 g/mol. The van der Waals surface area contributed by atoms with Crippen LogP contribution in [0.15, 0.2) is 18.2 Å². The third kappa shape index (κ3) is 3.00. The third-order valence-electron chi connectivity index (χ3n) is 3.80. The maximum absolute atomic E-state index is 10.9. The van der Waals surface area contributed by atoms with E-state index < -0.39 is 0 Å². The lowest BCUT2D eigenvalue weighted by molar-refractivity contribution is -0.385. The third-order valence-corrected chi connectivity index (χ3v) is 3.80. The Kier molecular flexibility index (Phi) is 3.84. The molecule has 0 bridgehead atoms. The van der Waals surface area contributed by atoms with Crippen LogP contribution in [0, 0.1) is 28.9 Å². The van der Waals surface area contributed by atoms with Gasteiger partial charge in [-0.15, -0.1) is 0 Å². The molecule has 2 unspecified atom stereocenters. The zero-order valence-electron chi connectivity index (χ0n) is 11.0. The van der Waals surface area contributed by atoms with Gasteiger partial charge in [-0.1, -0.05) is 19.4 Å². The summed E-state index contributed by atoms with van der Waals surface area (Å²) in [6, 6.07) is 5.35. The molecule has 1 saturated carbocycles. The molecule has 0 amide bonds. The Bertz CT molecular complexity index is 445. The van der Waals surface area contributed by atoms with E-state index in [0.29, 0.717) is 11.5 Å². The molecule has 4 heteroatoms. The van der Waals surface area contributed by atoms with E-state index in [4.69, 9.17) is 0 Å². The Labute approximate surface area is 108 Å². The highest BCUT2D eigenvalue weighted by Crippen LogP contribution is 2.30. The molecular weight excluding hydrogens is 228 g/mol. The van der Waals surface area contributed by atoms with Gasteiger partial charge in [0.1, 0.15) is 0 Å². The second kappa shape index (κ2) is 5.38. The minimum Gasteiger partial charge on any atom is -0.385 e. The first-order valence-corrected chi connectivity index (χ1v) is 6.55. The van der Waals surface area contributed by atoms with Crippen LogP contribution in [0.1, 0.15) is 31.7 Å². The predicted molar refractivity (Wildman–Crippen MR) is 72.8 cm³/mol. The fraction of sp³-hybridized carbons (Fsp3) is 0.571. The number of nitro groups is 1. The van der Waals surface area contributed by atoms with E-state index in [-0.39, 0.29) is 10.6 Å². The molecule has 1 aromatic rings. The van der Waals surface area contributed by atoms with E-state index in [9.17, 15) is 10.1 Å². The van der Waals surface area contributed by atoms with Crippen LogP contribution in [0.25, 0.3) is 0 Å². The van der Waals surface area contributed by atoms with Gasteiger partial charge in [-0.3, -0.25) is 10.1 Å². The van der Waals surface area contributed by atoms with Gasteiger partial charge in [-0.2, -0.15) is 0 Å². The van der Waals surface area contributed by atoms with Crippen molar-refractivity contribution in [3.05, 3.63) is 33.9 Å². The molecule has 1 fully saturated rings. The van der Waals surface area contributed by atoms with E-state index in [2.05, 4.69) is 12.2 Å². The van der Waals surface area contributed by atoms with Crippen LogP contribution in [0.5, 0.6) is 0 Å². The molecule has 0 aliphatic heterocycles. The van der Waals surface area contributed by atoms with Crippen molar-refractivity contribution in [2.45, 2.75) is 33.1 Å². The molecule has 1 aliphatic carbocycles. The van der Waals surface area contributed by atoms with Gasteiger partial charge < -0.3 is 5.32 Å². The maximum atomic E-state index is 10.9. The van der Waals surface area contributed by atoms with Crippen molar-refractivity contribution in [3.63, 3.8) is 0 Å². The number of hydrogen-bond acceptors (Lipinski definition) is 3. The summed E-state index contributed by atoms with van der Waals surface area (Å²) in [5, 5.41) is 14.2. The molecule has 1 N–H and O–H groups in total. The fourth-order valence-corrected chi connectivity index (χ4v) is 2.69. The summed E-state index contributed by atoms with van der Waals surface area (Å²) in [5.41, 5.74) is 1.76. The van der Waals surface area contributed by atoms with Gasteiger partial charge in [0.25, 0.3) is 5.69 Å². The van der Waals surface area contributed by atoms with Crippen LogP contribution >= 0.6 is 0 Å². The lowest BCUT2D eigenvalue weighted by atomic mass is 10.1. The van der Waals surface area contributed by atoms with Crippen molar-refractivity contribution in [3.8, 4) is 0 Å². The number of aryl methyl sites for hydroxylation is 1. The Balaban J connectivity index is 1.97. The van der Waals surface area contributed by atoms with E-state index in [1.54, 1.807) is 19.1 Å². The number of nitro benzene ring substituents is 1.